The van der Waals surface area contributed by atoms with Crippen LogP contribution >= 0.6 is 0 Å². The van der Waals surface area contributed by atoms with Gasteiger partial charge in [-0.1, -0.05) is 18.2 Å². The molecule has 1 N–H and O–H groups in total. The molecule has 2 fully saturated rings. The van der Waals surface area contributed by atoms with E-state index in [1.165, 1.54) is 25.2 Å². The lowest BCUT2D eigenvalue weighted by Crippen LogP contribution is -2.53. The van der Waals surface area contributed by atoms with Crippen LogP contribution in [0.4, 0.5) is 23.4 Å². The molecular formula is C24H25F4N5O2. The van der Waals surface area contributed by atoms with Gasteiger partial charge >= 0.3 is 0 Å². The minimum absolute atomic E-state index is 0.0251. The summed E-state index contributed by atoms with van der Waals surface area (Å²) in [7, 11) is 1.43. The van der Waals surface area contributed by atoms with Gasteiger partial charge in [0, 0.05) is 49.9 Å². The van der Waals surface area contributed by atoms with E-state index in [1.807, 2.05) is 4.90 Å². The molecule has 7 nitrogen and oxygen atoms in total. The molecule has 0 spiro atoms. The number of pyridine rings is 1. The lowest BCUT2D eigenvalue weighted by molar-refractivity contribution is 0.0485. The largest absolute Gasteiger partial charge is 0.361 e. The molecule has 1 aliphatic heterocycles. The van der Waals surface area contributed by atoms with Crippen molar-refractivity contribution in [2.24, 2.45) is 7.05 Å². The van der Waals surface area contributed by atoms with Gasteiger partial charge in [0.25, 0.3) is 17.5 Å². The summed E-state index contributed by atoms with van der Waals surface area (Å²) in [5.74, 6) is -0.792. The number of nitrogens with one attached hydrogen (secondary N) is 1. The van der Waals surface area contributed by atoms with Gasteiger partial charge in [-0.25, -0.2) is 22.2 Å². The predicted octanol–water partition coefficient (Wildman–Crippen LogP) is 3.49. The van der Waals surface area contributed by atoms with Crippen LogP contribution in [-0.2, 0) is 12.6 Å². The molecule has 0 radical (unpaired) electrons. The first-order valence-electron chi connectivity index (χ1n) is 11.4. The fraction of sp³-hybridized carbons (Fsp3) is 0.458. The molecule has 1 atom stereocenters. The van der Waals surface area contributed by atoms with E-state index in [0.717, 1.165) is 23.6 Å². The van der Waals surface area contributed by atoms with Crippen LogP contribution in [0.25, 0.3) is 10.8 Å². The number of alkyl halides is 3. The summed E-state index contributed by atoms with van der Waals surface area (Å²) in [4.78, 5) is 27.7. The highest BCUT2D eigenvalue weighted by atomic mass is 19.3. The Balaban J connectivity index is 1.55. The third-order valence-corrected chi connectivity index (χ3v) is 6.97. The predicted molar refractivity (Wildman–Crippen MR) is 123 cm³/mol. The van der Waals surface area contributed by atoms with Crippen molar-refractivity contribution in [3.8, 4) is 0 Å². The molecule has 0 bridgehead atoms. The number of halogens is 4. The molecule has 186 valence electrons. The normalized spacial score (nSPS) is 18.6. The quantitative estimate of drug-likeness (QED) is 0.513. The number of hydrogen-bond acceptors (Lipinski definition) is 5. The second kappa shape index (κ2) is 8.47. The van der Waals surface area contributed by atoms with Gasteiger partial charge in [0.2, 0.25) is 0 Å². The Morgan fingerprint density at radius 1 is 1.17 bits per heavy atom. The van der Waals surface area contributed by atoms with Gasteiger partial charge in [0.05, 0.1) is 22.5 Å². The molecule has 1 aliphatic carbocycles. The summed E-state index contributed by atoms with van der Waals surface area (Å²) in [6.07, 6.45) is -0.745. The fourth-order valence-corrected chi connectivity index (χ4v) is 4.83. The SMILES string of the molecule is C[C@@H](Nc1nn(C)c(=O)c2cc(=O)n(C3(CN4CC(F)C4)CC3)cc12)c1cccc(C(F)F)c1F. The van der Waals surface area contributed by atoms with Crippen molar-refractivity contribution in [2.75, 3.05) is 25.0 Å². The molecule has 2 aromatic heterocycles. The molecule has 0 amide bonds. The van der Waals surface area contributed by atoms with E-state index < -0.39 is 41.1 Å². The van der Waals surface area contributed by atoms with Crippen LogP contribution in [0.1, 0.15) is 43.4 Å². The summed E-state index contributed by atoms with van der Waals surface area (Å²) in [6, 6.07) is 4.30. The average molecular weight is 491 g/mol. The van der Waals surface area contributed by atoms with E-state index >= 15 is 0 Å². The molecule has 3 heterocycles. The summed E-state index contributed by atoms with van der Waals surface area (Å²) in [5.41, 5.74) is -1.96. The van der Waals surface area contributed by atoms with Crippen LogP contribution in [0, 0.1) is 5.82 Å². The number of hydrogen-bond donors (Lipinski definition) is 1. The van der Waals surface area contributed by atoms with Gasteiger partial charge in [0.15, 0.2) is 5.82 Å². The van der Waals surface area contributed by atoms with Crippen molar-refractivity contribution in [1.29, 1.82) is 0 Å². The number of rotatable bonds is 7. The van der Waals surface area contributed by atoms with Crippen molar-refractivity contribution in [2.45, 2.75) is 43.9 Å². The number of anilines is 1. The number of aromatic nitrogens is 3. The summed E-state index contributed by atoms with van der Waals surface area (Å²) in [6.45, 7) is 2.79. The van der Waals surface area contributed by atoms with Crippen molar-refractivity contribution < 1.29 is 17.6 Å². The van der Waals surface area contributed by atoms with Gasteiger partial charge in [-0.2, -0.15) is 5.10 Å². The molecule has 11 heteroatoms. The summed E-state index contributed by atoms with van der Waals surface area (Å²) < 4.78 is 57.1. The van der Waals surface area contributed by atoms with Crippen molar-refractivity contribution >= 4 is 16.6 Å². The molecular weight excluding hydrogens is 466 g/mol. The van der Waals surface area contributed by atoms with Crippen LogP contribution in [0.5, 0.6) is 0 Å². The van der Waals surface area contributed by atoms with E-state index in [2.05, 4.69) is 10.4 Å². The molecule has 35 heavy (non-hydrogen) atoms. The van der Waals surface area contributed by atoms with Crippen molar-refractivity contribution in [1.82, 2.24) is 19.2 Å². The number of nitrogens with zero attached hydrogens (tertiary/aromatic N) is 4. The minimum atomic E-state index is -2.96. The maximum atomic E-state index is 14.7. The Labute approximate surface area is 198 Å². The lowest BCUT2D eigenvalue weighted by atomic mass is 10.0. The number of benzene rings is 1. The van der Waals surface area contributed by atoms with Gasteiger partial charge in [-0.3, -0.25) is 14.5 Å². The molecule has 2 aliphatic rings. The third-order valence-electron chi connectivity index (χ3n) is 6.97. The van der Waals surface area contributed by atoms with E-state index in [4.69, 9.17) is 0 Å². The average Bonchev–Trinajstić information content (AvgIpc) is 3.56. The molecule has 0 unspecified atom stereocenters. The second-order valence-electron chi connectivity index (χ2n) is 9.52. The summed E-state index contributed by atoms with van der Waals surface area (Å²) >= 11 is 0. The second-order valence-corrected chi connectivity index (χ2v) is 9.52. The molecule has 5 rings (SSSR count). The van der Waals surface area contributed by atoms with Gasteiger partial charge in [0.1, 0.15) is 12.0 Å². The van der Waals surface area contributed by atoms with Crippen LogP contribution in [0.3, 0.4) is 0 Å². The Hall–Kier alpha value is -3.21. The van der Waals surface area contributed by atoms with Gasteiger partial charge in [-0.15, -0.1) is 0 Å². The Morgan fingerprint density at radius 3 is 2.49 bits per heavy atom. The standard InChI is InChI=1S/C24H25F4N5O2/c1-13(15-4-3-5-16(20(15)26)21(27)28)29-22-18-11-33(19(34)8-17(18)23(35)31(2)30-22)24(6-7-24)12-32-9-14(25)10-32/h3-5,8,11,13-14,21H,6-7,9-10,12H2,1-2H3,(H,29,30)/t13-/m1/s1. The fourth-order valence-electron chi connectivity index (χ4n) is 4.83. The zero-order valence-electron chi connectivity index (χ0n) is 19.3. The smallest absolute Gasteiger partial charge is 0.274 e. The monoisotopic (exact) mass is 491 g/mol. The van der Waals surface area contributed by atoms with Crippen LogP contribution in [-0.4, -0.2) is 45.1 Å². The molecule has 1 saturated heterocycles. The van der Waals surface area contributed by atoms with Crippen LogP contribution in [0.15, 0.2) is 40.1 Å². The maximum absolute atomic E-state index is 14.7. The van der Waals surface area contributed by atoms with E-state index in [9.17, 15) is 27.2 Å². The molecule has 1 aromatic carbocycles. The van der Waals surface area contributed by atoms with Crippen LogP contribution < -0.4 is 16.4 Å². The molecule has 1 saturated carbocycles. The van der Waals surface area contributed by atoms with E-state index in [0.29, 0.717) is 25.0 Å². The third kappa shape index (κ3) is 4.11. The maximum Gasteiger partial charge on any atom is 0.274 e. The highest BCUT2D eigenvalue weighted by Gasteiger charge is 2.48. The highest BCUT2D eigenvalue weighted by Crippen LogP contribution is 2.44. The first-order chi connectivity index (χ1) is 16.6. The zero-order chi connectivity index (χ0) is 25.1. The first-order valence-corrected chi connectivity index (χ1v) is 11.4. The Kier molecular flexibility index (Phi) is 5.70. The van der Waals surface area contributed by atoms with E-state index in [1.54, 1.807) is 17.7 Å². The number of likely N-dealkylation sites (tertiary alicyclic amines) is 1. The highest BCUT2D eigenvalue weighted by molar-refractivity contribution is 5.90. The van der Waals surface area contributed by atoms with Gasteiger partial charge in [-0.05, 0) is 19.8 Å². The zero-order valence-corrected chi connectivity index (χ0v) is 19.3. The van der Waals surface area contributed by atoms with Crippen molar-refractivity contribution in [3.63, 3.8) is 0 Å². The Morgan fingerprint density at radius 2 is 1.86 bits per heavy atom. The van der Waals surface area contributed by atoms with Gasteiger partial charge < -0.3 is 9.88 Å². The van der Waals surface area contributed by atoms with Crippen molar-refractivity contribution in [3.05, 3.63) is 68.1 Å². The minimum Gasteiger partial charge on any atom is -0.361 e. The Bertz CT molecular complexity index is 1410. The van der Waals surface area contributed by atoms with Crippen LogP contribution in [0.2, 0.25) is 0 Å². The molecule has 3 aromatic rings. The number of aryl methyl sites for hydroxylation is 1. The topological polar surface area (TPSA) is 72.2 Å². The lowest BCUT2D eigenvalue weighted by Gasteiger charge is -2.37. The van der Waals surface area contributed by atoms with E-state index in [-0.39, 0.29) is 22.3 Å². The number of fused-ring (bicyclic) bond motifs is 1. The first kappa shape index (κ1) is 23.5. The summed E-state index contributed by atoms with van der Waals surface area (Å²) in [5, 5.41) is 7.81.